The molecule has 2 aromatic carbocycles. The molecule has 1 atom stereocenters. The van der Waals surface area contributed by atoms with Gasteiger partial charge in [-0.2, -0.15) is 0 Å². The summed E-state index contributed by atoms with van der Waals surface area (Å²) < 4.78 is 1.64. The number of hydrogen-bond donors (Lipinski definition) is 2. The van der Waals surface area contributed by atoms with Gasteiger partial charge in [0.25, 0.3) is 0 Å². The largest absolute Gasteiger partial charge is 0.322 e. The minimum absolute atomic E-state index is 0.249. The fraction of sp³-hybridized carbons (Fsp3) is 0.133. The van der Waals surface area contributed by atoms with Gasteiger partial charge in [-0.1, -0.05) is 30.3 Å². The second-order valence-electron chi connectivity index (χ2n) is 4.48. The number of aryl methyl sites for hydroxylation is 1. The molecule has 2 rings (SSSR count). The minimum Gasteiger partial charge on any atom is -0.322 e. The molecule has 0 bridgehead atoms. The maximum Gasteiger partial charge on any atom is 0.245 e. The number of amides is 1. The first-order valence-corrected chi connectivity index (χ1v) is 7.64. The first-order chi connectivity index (χ1) is 9.49. The Morgan fingerprint density at radius 1 is 1.15 bits per heavy atom. The SMILES string of the molecule is Cc1cc(Br)c(NC(=O)C(N)c2ccccc2)c(Br)c1. The molecule has 1 unspecified atom stereocenters. The molecule has 0 saturated carbocycles. The second-order valence-corrected chi connectivity index (χ2v) is 6.19. The summed E-state index contributed by atoms with van der Waals surface area (Å²) in [6.07, 6.45) is 0. The third-order valence-corrected chi connectivity index (χ3v) is 4.13. The number of hydrogen-bond acceptors (Lipinski definition) is 2. The first kappa shape index (κ1) is 15.2. The third kappa shape index (κ3) is 3.48. The molecule has 0 spiro atoms. The Hall–Kier alpha value is -1.17. The fourth-order valence-corrected chi connectivity index (χ4v) is 3.45. The molecule has 20 heavy (non-hydrogen) atoms. The molecule has 3 nitrogen and oxygen atoms in total. The van der Waals surface area contributed by atoms with Gasteiger partial charge in [0.2, 0.25) is 5.91 Å². The highest BCUT2D eigenvalue weighted by atomic mass is 79.9. The van der Waals surface area contributed by atoms with Crippen LogP contribution >= 0.6 is 31.9 Å². The molecule has 1 amide bonds. The Morgan fingerprint density at radius 3 is 2.25 bits per heavy atom. The van der Waals surface area contributed by atoms with Gasteiger partial charge in [-0.3, -0.25) is 4.79 Å². The van der Waals surface area contributed by atoms with Crippen LogP contribution in [-0.2, 0) is 4.79 Å². The standard InChI is InChI=1S/C15H14Br2N2O/c1-9-7-11(16)14(12(17)8-9)19-15(20)13(18)10-5-3-2-4-6-10/h2-8,13H,18H2,1H3,(H,19,20). The van der Waals surface area contributed by atoms with Gasteiger partial charge in [0, 0.05) is 8.95 Å². The van der Waals surface area contributed by atoms with Crippen LogP contribution in [0, 0.1) is 6.92 Å². The smallest absolute Gasteiger partial charge is 0.245 e. The Morgan fingerprint density at radius 2 is 1.70 bits per heavy atom. The maximum atomic E-state index is 12.2. The van der Waals surface area contributed by atoms with Crippen molar-refractivity contribution in [1.29, 1.82) is 0 Å². The molecule has 0 aliphatic carbocycles. The van der Waals surface area contributed by atoms with Gasteiger partial charge in [-0.05, 0) is 62.0 Å². The van der Waals surface area contributed by atoms with Gasteiger partial charge < -0.3 is 11.1 Å². The van der Waals surface area contributed by atoms with Gasteiger partial charge in [-0.25, -0.2) is 0 Å². The van der Waals surface area contributed by atoms with Crippen molar-refractivity contribution in [3.05, 3.63) is 62.5 Å². The molecule has 2 aromatic rings. The molecule has 0 aliphatic rings. The van der Waals surface area contributed by atoms with Crippen LogP contribution in [-0.4, -0.2) is 5.91 Å². The van der Waals surface area contributed by atoms with Crippen molar-refractivity contribution < 1.29 is 4.79 Å². The summed E-state index contributed by atoms with van der Waals surface area (Å²) >= 11 is 6.89. The Labute approximate surface area is 134 Å². The van der Waals surface area contributed by atoms with E-state index in [-0.39, 0.29) is 5.91 Å². The lowest BCUT2D eigenvalue weighted by atomic mass is 10.1. The molecule has 5 heteroatoms. The molecule has 0 fully saturated rings. The highest BCUT2D eigenvalue weighted by molar-refractivity contribution is 9.11. The molecule has 3 N–H and O–H groups in total. The molecule has 0 radical (unpaired) electrons. The van der Waals surface area contributed by atoms with Gasteiger partial charge in [0.1, 0.15) is 6.04 Å². The predicted octanol–water partition coefficient (Wildman–Crippen LogP) is 4.16. The average Bonchev–Trinajstić information content (AvgIpc) is 2.42. The van der Waals surface area contributed by atoms with Crippen molar-refractivity contribution in [2.24, 2.45) is 5.73 Å². The number of carbonyl (C=O) groups is 1. The summed E-state index contributed by atoms with van der Waals surface area (Å²) in [7, 11) is 0. The number of nitrogens with two attached hydrogens (primary N) is 1. The van der Waals surface area contributed by atoms with E-state index in [2.05, 4.69) is 37.2 Å². The van der Waals surface area contributed by atoms with Gasteiger partial charge >= 0.3 is 0 Å². The van der Waals surface area contributed by atoms with E-state index in [9.17, 15) is 4.79 Å². The van der Waals surface area contributed by atoms with Crippen LogP contribution in [0.5, 0.6) is 0 Å². The van der Waals surface area contributed by atoms with E-state index in [4.69, 9.17) is 5.73 Å². The summed E-state index contributed by atoms with van der Waals surface area (Å²) in [5.74, 6) is -0.249. The minimum atomic E-state index is -0.698. The maximum absolute atomic E-state index is 12.2. The van der Waals surface area contributed by atoms with Crippen LogP contribution in [0.1, 0.15) is 17.2 Å². The molecular formula is C15H14Br2N2O. The summed E-state index contributed by atoms with van der Waals surface area (Å²) in [6.45, 7) is 1.98. The van der Waals surface area contributed by atoms with E-state index < -0.39 is 6.04 Å². The van der Waals surface area contributed by atoms with Crippen molar-refractivity contribution in [2.45, 2.75) is 13.0 Å². The highest BCUT2D eigenvalue weighted by Crippen LogP contribution is 2.32. The van der Waals surface area contributed by atoms with Crippen LogP contribution in [0.4, 0.5) is 5.69 Å². The number of halogens is 2. The molecule has 0 aromatic heterocycles. The van der Waals surface area contributed by atoms with Gasteiger partial charge in [0.05, 0.1) is 5.69 Å². The van der Waals surface area contributed by atoms with E-state index in [0.717, 1.165) is 20.1 Å². The molecular weight excluding hydrogens is 384 g/mol. The van der Waals surface area contributed by atoms with Crippen LogP contribution < -0.4 is 11.1 Å². The van der Waals surface area contributed by atoms with Crippen molar-refractivity contribution in [1.82, 2.24) is 0 Å². The lowest BCUT2D eigenvalue weighted by Gasteiger charge is -2.15. The number of rotatable bonds is 3. The van der Waals surface area contributed by atoms with Crippen molar-refractivity contribution in [2.75, 3.05) is 5.32 Å². The van der Waals surface area contributed by atoms with E-state index in [0.29, 0.717) is 5.69 Å². The first-order valence-electron chi connectivity index (χ1n) is 6.06. The Bertz CT molecular complexity index is 606. The Balaban J connectivity index is 2.20. The molecule has 104 valence electrons. The highest BCUT2D eigenvalue weighted by Gasteiger charge is 2.18. The fourth-order valence-electron chi connectivity index (χ4n) is 1.83. The number of nitrogens with one attached hydrogen (secondary N) is 1. The molecule has 0 heterocycles. The zero-order valence-corrected chi connectivity index (χ0v) is 14.0. The van der Waals surface area contributed by atoms with Crippen molar-refractivity contribution >= 4 is 43.5 Å². The topological polar surface area (TPSA) is 55.1 Å². The number of carbonyl (C=O) groups excluding carboxylic acids is 1. The quantitative estimate of drug-likeness (QED) is 0.816. The van der Waals surface area contributed by atoms with Crippen LogP contribution in [0.15, 0.2) is 51.4 Å². The van der Waals surface area contributed by atoms with Gasteiger partial charge in [-0.15, -0.1) is 0 Å². The van der Waals surface area contributed by atoms with Gasteiger partial charge in [0.15, 0.2) is 0 Å². The third-order valence-electron chi connectivity index (χ3n) is 2.88. The van der Waals surface area contributed by atoms with Crippen LogP contribution in [0.3, 0.4) is 0 Å². The Kier molecular flexibility index (Phi) is 4.96. The van der Waals surface area contributed by atoms with Crippen LogP contribution in [0.25, 0.3) is 0 Å². The molecule has 0 saturated heterocycles. The zero-order chi connectivity index (χ0) is 14.7. The number of anilines is 1. The summed E-state index contributed by atoms with van der Waals surface area (Å²) in [5.41, 5.74) is 8.53. The lowest BCUT2D eigenvalue weighted by molar-refractivity contribution is -0.117. The van der Waals surface area contributed by atoms with E-state index in [1.807, 2.05) is 49.4 Å². The van der Waals surface area contributed by atoms with E-state index in [1.54, 1.807) is 0 Å². The lowest BCUT2D eigenvalue weighted by Crippen LogP contribution is -2.28. The normalized spacial score (nSPS) is 12.0. The number of benzene rings is 2. The zero-order valence-electron chi connectivity index (χ0n) is 10.9. The predicted molar refractivity (Wildman–Crippen MR) is 88.6 cm³/mol. The monoisotopic (exact) mass is 396 g/mol. The van der Waals surface area contributed by atoms with E-state index in [1.165, 1.54) is 0 Å². The summed E-state index contributed by atoms with van der Waals surface area (Å²) in [5, 5.41) is 2.85. The van der Waals surface area contributed by atoms with Crippen LogP contribution in [0.2, 0.25) is 0 Å². The van der Waals surface area contributed by atoms with Crippen molar-refractivity contribution in [3.8, 4) is 0 Å². The average molecular weight is 398 g/mol. The molecule has 0 aliphatic heterocycles. The summed E-state index contributed by atoms with van der Waals surface area (Å²) in [4.78, 5) is 12.2. The summed E-state index contributed by atoms with van der Waals surface area (Å²) in [6, 6.07) is 12.5. The second kappa shape index (κ2) is 6.52. The van der Waals surface area contributed by atoms with Crippen molar-refractivity contribution in [3.63, 3.8) is 0 Å². The van der Waals surface area contributed by atoms with E-state index >= 15 is 0 Å².